The van der Waals surface area contributed by atoms with Crippen LogP contribution < -0.4 is 10.2 Å². The molecular weight excluding hydrogens is 580 g/mol. The van der Waals surface area contributed by atoms with Crippen molar-refractivity contribution in [3.05, 3.63) is 40.6 Å². The van der Waals surface area contributed by atoms with Gasteiger partial charge in [-0.3, -0.25) is 4.79 Å². The number of aliphatic hydroxyl groups is 6. The molecule has 2 aromatic carbocycles. The summed E-state index contributed by atoms with van der Waals surface area (Å²) >= 11 is 0. The van der Waals surface area contributed by atoms with E-state index >= 15 is 0 Å². The molecule has 0 radical (unpaired) electrons. The molecule has 10 N–H and O–H groups in total. The molecule has 2 saturated heterocycles. The number of phenols is 4. The van der Waals surface area contributed by atoms with Gasteiger partial charge in [-0.15, -0.1) is 0 Å². The number of rotatable bonds is 6. The van der Waals surface area contributed by atoms with Gasteiger partial charge in [-0.05, 0) is 25.1 Å². The van der Waals surface area contributed by atoms with Gasteiger partial charge >= 0.3 is 0 Å². The minimum Gasteiger partial charge on any atom is -0.508 e. The lowest BCUT2D eigenvalue weighted by atomic mass is 9.97. The first-order valence-electron chi connectivity index (χ1n) is 13.0. The van der Waals surface area contributed by atoms with E-state index in [2.05, 4.69) is 0 Å². The Kier molecular flexibility index (Phi) is 8.41. The minimum absolute atomic E-state index is 0.0447. The molecule has 3 heterocycles. The van der Waals surface area contributed by atoms with Crippen LogP contribution in [0.1, 0.15) is 6.92 Å². The second-order valence-corrected chi connectivity index (χ2v) is 10.2. The lowest BCUT2D eigenvalue weighted by Gasteiger charge is -2.45. The average Bonchev–Trinajstić information content (AvgIpc) is 2.96. The van der Waals surface area contributed by atoms with E-state index in [0.717, 1.165) is 24.3 Å². The van der Waals surface area contributed by atoms with Gasteiger partial charge in [-0.1, -0.05) is 0 Å². The quantitative estimate of drug-likeness (QED) is 0.140. The number of aromatic hydroxyl groups is 4. The summed E-state index contributed by atoms with van der Waals surface area (Å²) in [4.78, 5) is 13.7. The Bertz CT molecular complexity index is 1540. The SMILES string of the molecule is C[C@@H]1OC(O[C@H]2[C@H](Oc3c(-c4ccc(O)c(O)c4)oc4cc(O)cc(O)c4c3=O)O[C@H](CO)[C@H](O)[C@@H]2O)[C@H](O)[C@H](O)[C@H]1O. The molecule has 5 rings (SSSR count). The van der Waals surface area contributed by atoms with Crippen molar-refractivity contribution in [1.29, 1.82) is 0 Å². The van der Waals surface area contributed by atoms with Gasteiger partial charge in [-0.25, -0.2) is 0 Å². The monoisotopic (exact) mass is 610 g/mol. The number of fused-ring (bicyclic) bond motifs is 1. The lowest BCUT2D eigenvalue weighted by molar-refractivity contribution is -0.354. The molecule has 2 fully saturated rings. The van der Waals surface area contributed by atoms with Crippen LogP contribution in [0.3, 0.4) is 0 Å². The zero-order chi connectivity index (χ0) is 31.3. The van der Waals surface area contributed by atoms with Crippen LogP contribution in [0.25, 0.3) is 22.3 Å². The van der Waals surface area contributed by atoms with E-state index in [4.69, 9.17) is 23.4 Å². The molecule has 0 saturated carbocycles. The fourth-order valence-corrected chi connectivity index (χ4v) is 4.92. The molecule has 43 heavy (non-hydrogen) atoms. The van der Waals surface area contributed by atoms with Gasteiger partial charge in [0.15, 0.2) is 29.7 Å². The summed E-state index contributed by atoms with van der Waals surface area (Å²) in [6, 6.07) is 5.21. The molecule has 1 unspecified atom stereocenters. The molecule has 234 valence electrons. The Hall–Kier alpha value is -3.71. The first-order chi connectivity index (χ1) is 20.3. The normalized spacial score (nSPS) is 33.0. The van der Waals surface area contributed by atoms with Crippen LogP contribution in [0.4, 0.5) is 0 Å². The van der Waals surface area contributed by atoms with Gasteiger partial charge in [0.25, 0.3) is 0 Å². The van der Waals surface area contributed by atoms with Crippen LogP contribution in [0, 0.1) is 0 Å². The highest BCUT2D eigenvalue weighted by Gasteiger charge is 2.51. The van der Waals surface area contributed by atoms with Gasteiger partial charge in [0, 0.05) is 17.7 Å². The number of benzene rings is 2. The Morgan fingerprint density at radius 3 is 2.19 bits per heavy atom. The third kappa shape index (κ3) is 5.55. The third-order valence-electron chi connectivity index (χ3n) is 7.31. The van der Waals surface area contributed by atoms with Gasteiger partial charge < -0.3 is 74.4 Å². The van der Waals surface area contributed by atoms with Crippen molar-refractivity contribution in [2.24, 2.45) is 0 Å². The molecule has 16 heteroatoms. The van der Waals surface area contributed by atoms with Crippen molar-refractivity contribution >= 4 is 11.0 Å². The molecule has 16 nitrogen and oxygen atoms in total. The number of hydrogen-bond acceptors (Lipinski definition) is 16. The molecular formula is C27H30O16. The minimum atomic E-state index is -1.91. The van der Waals surface area contributed by atoms with Crippen LogP contribution in [0.5, 0.6) is 28.7 Å². The molecule has 0 amide bonds. The smallest absolute Gasteiger partial charge is 0.239 e. The highest BCUT2D eigenvalue weighted by molar-refractivity contribution is 5.88. The van der Waals surface area contributed by atoms with Crippen LogP contribution in [-0.4, -0.2) is 119 Å². The van der Waals surface area contributed by atoms with Crippen LogP contribution >= 0.6 is 0 Å². The summed E-state index contributed by atoms with van der Waals surface area (Å²) in [5.74, 6) is -3.40. The maximum atomic E-state index is 13.7. The zero-order valence-corrected chi connectivity index (χ0v) is 22.3. The number of aliphatic hydroxyl groups excluding tert-OH is 6. The van der Waals surface area contributed by atoms with E-state index in [-0.39, 0.29) is 11.1 Å². The second kappa shape index (κ2) is 11.8. The summed E-state index contributed by atoms with van der Waals surface area (Å²) in [7, 11) is 0. The Labute approximate surface area is 241 Å². The molecule has 2 aliphatic rings. The van der Waals surface area contributed by atoms with E-state index in [1.54, 1.807) is 0 Å². The Morgan fingerprint density at radius 2 is 1.51 bits per heavy atom. The number of ether oxygens (including phenoxy) is 4. The maximum Gasteiger partial charge on any atom is 0.239 e. The van der Waals surface area contributed by atoms with Gasteiger partial charge in [0.05, 0.1) is 12.7 Å². The Balaban J connectivity index is 1.62. The van der Waals surface area contributed by atoms with Gasteiger partial charge in [-0.2, -0.15) is 0 Å². The zero-order valence-electron chi connectivity index (χ0n) is 22.3. The standard InChI is InChI=1S/C27H30O16/c1-8-17(33)20(36)22(38)26(39-8)43-25-21(37)18(34)15(7-28)41-27(25)42-24-19(35)16-13(32)5-10(29)6-14(16)40-23(24)9-2-3-11(30)12(31)4-9/h2-6,8,15,17-18,20-22,25-34,36-38H,7H2,1H3/t8-,15+,17-,18-,20+,21-,22+,25+,26?,27-/m0/s1. The van der Waals surface area contributed by atoms with Crippen molar-refractivity contribution < 1.29 is 74.4 Å². The van der Waals surface area contributed by atoms with Crippen molar-refractivity contribution in [2.75, 3.05) is 6.61 Å². The molecule has 0 spiro atoms. The van der Waals surface area contributed by atoms with Crippen molar-refractivity contribution in [3.63, 3.8) is 0 Å². The van der Waals surface area contributed by atoms with Crippen LogP contribution in [0.2, 0.25) is 0 Å². The fraction of sp³-hybridized carbons (Fsp3) is 0.444. The highest BCUT2D eigenvalue weighted by Crippen LogP contribution is 2.40. The summed E-state index contributed by atoms with van der Waals surface area (Å²) in [6.45, 7) is 0.541. The van der Waals surface area contributed by atoms with E-state index in [1.807, 2.05) is 0 Å². The Morgan fingerprint density at radius 1 is 0.791 bits per heavy atom. The summed E-state index contributed by atoms with van der Waals surface area (Å²) in [6.07, 6.45) is -16.7. The number of phenolic OH excluding ortho intramolecular Hbond substituents is 4. The van der Waals surface area contributed by atoms with Crippen molar-refractivity contribution in [3.8, 4) is 40.1 Å². The third-order valence-corrected chi connectivity index (χ3v) is 7.31. The van der Waals surface area contributed by atoms with Crippen LogP contribution in [-0.2, 0) is 14.2 Å². The first kappa shape index (κ1) is 30.7. The summed E-state index contributed by atoms with van der Waals surface area (Å²) in [5.41, 5.74) is -1.39. The second-order valence-electron chi connectivity index (χ2n) is 10.2. The fourth-order valence-electron chi connectivity index (χ4n) is 4.92. The van der Waals surface area contributed by atoms with Crippen molar-refractivity contribution in [2.45, 2.75) is 68.3 Å². The van der Waals surface area contributed by atoms with Crippen LogP contribution in [0.15, 0.2) is 39.5 Å². The summed E-state index contributed by atoms with van der Waals surface area (Å²) < 4.78 is 28.3. The van der Waals surface area contributed by atoms with Gasteiger partial charge in [0.2, 0.25) is 17.5 Å². The predicted molar refractivity (Wildman–Crippen MR) is 140 cm³/mol. The predicted octanol–water partition coefficient (Wildman–Crippen LogP) is -1.69. The average molecular weight is 611 g/mol. The molecule has 0 aliphatic carbocycles. The lowest BCUT2D eigenvalue weighted by Crippen LogP contribution is -2.64. The van der Waals surface area contributed by atoms with Gasteiger partial charge in [0.1, 0.15) is 59.1 Å². The molecule has 1 aromatic heterocycles. The highest BCUT2D eigenvalue weighted by atomic mass is 16.8. The molecule has 0 bridgehead atoms. The van der Waals surface area contributed by atoms with E-state index in [1.165, 1.54) is 13.0 Å². The van der Waals surface area contributed by atoms with E-state index in [0.29, 0.717) is 0 Å². The van der Waals surface area contributed by atoms with Crippen molar-refractivity contribution in [1.82, 2.24) is 0 Å². The largest absolute Gasteiger partial charge is 0.508 e. The van der Waals surface area contributed by atoms with E-state index < -0.39 is 113 Å². The molecule has 2 aliphatic heterocycles. The number of hydrogen-bond donors (Lipinski definition) is 10. The maximum absolute atomic E-state index is 13.7. The molecule has 10 atom stereocenters. The molecule has 3 aromatic rings. The summed E-state index contributed by atoms with van der Waals surface area (Å²) in [5, 5.41) is 102. The first-order valence-corrected chi connectivity index (χ1v) is 13.0. The topological polar surface area (TPSA) is 269 Å². The van der Waals surface area contributed by atoms with E-state index in [9.17, 15) is 55.9 Å².